The van der Waals surface area contributed by atoms with E-state index in [1.54, 1.807) is 0 Å². The molecular weight excluding hydrogens is 188 g/mol. The number of carbonyl (C=O) groups excluding carboxylic acids is 1. The van der Waals surface area contributed by atoms with E-state index in [0.717, 1.165) is 12.7 Å². The minimum atomic E-state index is 0.131. The van der Waals surface area contributed by atoms with Gasteiger partial charge in [0, 0.05) is 17.8 Å². The fourth-order valence-corrected chi connectivity index (χ4v) is 2.95. The fourth-order valence-electron chi connectivity index (χ4n) is 2.95. The van der Waals surface area contributed by atoms with Crippen molar-refractivity contribution in [3.8, 4) is 0 Å². The number of rotatable bonds is 1. The minimum absolute atomic E-state index is 0.131. The lowest BCUT2D eigenvalue weighted by Gasteiger charge is -2.28. The molecule has 1 aliphatic heterocycles. The number of ether oxygens (including phenoxy) is 1. The third-order valence-corrected chi connectivity index (χ3v) is 3.67. The Labute approximate surface area is 89.3 Å². The van der Waals surface area contributed by atoms with Gasteiger partial charge in [0.05, 0.1) is 12.2 Å². The van der Waals surface area contributed by atoms with Crippen LogP contribution in [-0.2, 0) is 9.53 Å². The van der Waals surface area contributed by atoms with E-state index in [9.17, 15) is 4.79 Å². The topological polar surface area (TPSA) is 26.3 Å². The molecule has 1 saturated heterocycles. The third kappa shape index (κ3) is 1.32. The van der Waals surface area contributed by atoms with Gasteiger partial charge in [-0.1, -0.05) is 36.5 Å². The maximum absolute atomic E-state index is 11.0. The second-order valence-electron chi connectivity index (χ2n) is 4.45. The summed E-state index contributed by atoms with van der Waals surface area (Å²) in [7, 11) is 0. The van der Waals surface area contributed by atoms with Crippen LogP contribution in [0.25, 0.3) is 0 Å². The summed E-state index contributed by atoms with van der Waals surface area (Å²) in [5.41, 5.74) is 0. The molecule has 5 unspecified atom stereocenters. The summed E-state index contributed by atoms with van der Waals surface area (Å²) >= 11 is 0. The molecule has 3 rings (SSSR count). The first-order valence-electron chi connectivity index (χ1n) is 5.52. The van der Waals surface area contributed by atoms with Crippen LogP contribution in [0.15, 0.2) is 36.5 Å². The van der Waals surface area contributed by atoms with Gasteiger partial charge in [0.15, 0.2) is 0 Å². The first-order valence-corrected chi connectivity index (χ1v) is 5.52. The van der Waals surface area contributed by atoms with Crippen LogP contribution in [0.1, 0.15) is 6.42 Å². The first-order chi connectivity index (χ1) is 7.40. The SMILES string of the molecule is O=CC1CC=CC2OC3C=CC=CC3C12. The van der Waals surface area contributed by atoms with Crippen LogP contribution in [0.2, 0.25) is 0 Å². The molecule has 0 aromatic carbocycles. The predicted octanol–water partition coefficient (Wildman–Crippen LogP) is 1.89. The van der Waals surface area contributed by atoms with Crippen LogP contribution < -0.4 is 0 Å². The van der Waals surface area contributed by atoms with Gasteiger partial charge in [-0.2, -0.15) is 0 Å². The van der Waals surface area contributed by atoms with Crippen molar-refractivity contribution >= 4 is 6.29 Å². The summed E-state index contributed by atoms with van der Waals surface area (Å²) in [6, 6.07) is 0. The Bertz CT molecular complexity index is 354. The van der Waals surface area contributed by atoms with Crippen molar-refractivity contribution in [3.63, 3.8) is 0 Å². The molecule has 2 nitrogen and oxygen atoms in total. The van der Waals surface area contributed by atoms with Crippen LogP contribution >= 0.6 is 0 Å². The van der Waals surface area contributed by atoms with Crippen LogP contribution in [-0.4, -0.2) is 18.5 Å². The van der Waals surface area contributed by atoms with E-state index in [2.05, 4.69) is 30.4 Å². The zero-order chi connectivity index (χ0) is 10.3. The highest BCUT2D eigenvalue weighted by Gasteiger charge is 2.46. The Morgan fingerprint density at radius 3 is 2.87 bits per heavy atom. The summed E-state index contributed by atoms with van der Waals surface area (Å²) in [5.74, 6) is 0.866. The standard InChI is InChI=1S/C13H14O2/c14-8-9-4-3-7-12-13(9)10-5-1-2-6-11(10)15-12/h1-3,5-13H,4H2. The number of aldehydes is 1. The quantitative estimate of drug-likeness (QED) is 0.479. The number of hydrogen-bond donors (Lipinski definition) is 0. The van der Waals surface area contributed by atoms with Crippen LogP contribution in [0.5, 0.6) is 0 Å². The van der Waals surface area contributed by atoms with E-state index >= 15 is 0 Å². The lowest BCUT2D eigenvalue weighted by Crippen LogP contribution is -2.31. The molecule has 1 fully saturated rings. The van der Waals surface area contributed by atoms with E-state index in [-0.39, 0.29) is 18.1 Å². The van der Waals surface area contributed by atoms with Crippen molar-refractivity contribution in [3.05, 3.63) is 36.5 Å². The molecule has 0 aromatic heterocycles. The minimum Gasteiger partial charge on any atom is -0.366 e. The lowest BCUT2D eigenvalue weighted by atomic mass is 9.73. The molecule has 2 aliphatic carbocycles. The highest BCUT2D eigenvalue weighted by atomic mass is 16.5. The Balaban J connectivity index is 1.94. The molecule has 78 valence electrons. The number of hydrogen-bond acceptors (Lipinski definition) is 2. The summed E-state index contributed by atoms with van der Waals surface area (Å²) in [4.78, 5) is 11.0. The van der Waals surface area contributed by atoms with Gasteiger partial charge in [-0.25, -0.2) is 0 Å². The van der Waals surface area contributed by atoms with Gasteiger partial charge in [-0.05, 0) is 6.42 Å². The maximum Gasteiger partial charge on any atom is 0.123 e. The maximum atomic E-state index is 11.0. The molecule has 0 bridgehead atoms. The molecule has 0 N–H and O–H groups in total. The molecule has 2 heteroatoms. The molecule has 0 radical (unpaired) electrons. The normalized spacial score (nSPS) is 46.3. The average Bonchev–Trinajstić information content (AvgIpc) is 2.67. The molecular formula is C13H14O2. The second-order valence-corrected chi connectivity index (χ2v) is 4.45. The molecule has 0 amide bonds. The number of fused-ring (bicyclic) bond motifs is 3. The Kier molecular flexibility index (Phi) is 2.10. The van der Waals surface area contributed by atoms with Crippen LogP contribution in [0.3, 0.4) is 0 Å². The monoisotopic (exact) mass is 202 g/mol. The van der Waals surface area contributed by atoms with Gasteiger partial charge in [0.2, 0.25) is 0 Å². The van der Waals surface area contributed by atoms with E-state index < -0.39 is 0 Å². The van der Waals surface area contributed by atoms with Gasteiger partial charge >= 0.3 is 0 Å². The largest absolute Gasteiger partial charge is 0.366 e. The van der Waals surface area contributed by atoms with Crippen LogP contribution in [0.4, 0.5) is 0 Å². The molecule has 15 heavy (non-hydrogen) atoms. The van der Waals surface area contributed by atoms with Crippen molar-refractivity contribution in [2.24, 2.45) is 17.8 Å². The van der Waals surface area contributed by atoms with Gasteiger partial charge in [0.1, 0.15) is 6.29 Å². The number of allylic oxidation sites excluding steroid dienone is 3. The summed E-state index contributed by atoms with van der Waals surface area (Å²) < 4.78 is 5.92. The molecule has 3 aliphatic rings. The second kappa shape index (κ2) is 3.46. The number of carbonyl (C=O) groups is 1. The van der Waals surface area contributed by atoms with Gasteiger partial charge < -0.3 is 9.53 Å². The summed E-state index contributed by atoms with van der Waals surface area (Å²) in [5, 5.41) is 0. The highest BCUT2D eigenvalue weighted by molar-refractivity contribution is 5.56. The van der Waals surface area contributed by atoms with Crippen molar-refractivity contribution in [1.29, 1.82) is 0 Å². The first kappa shape index (κ1) is 9.10. The van der Waals surface area contributed by atoms with Crippen molar-refractivity contribution < 1.29 is 9.53 Å². The van der Waals surface area contributed by atoms with E-state index in [1.807, 2.05) is 6.08 Å². The Hall–Kier alpha value is -1.15. The van der Waals surface area contributed by atoms with E-state index in [0.29, 0.717) is 11.8 Å². The fraction of sp³-hybridized carbons (Fsp3) is 0.462. The Morgan fingerprint density at radius 1 is 1.13 bits per heavy atom. The highest BCUT2D eigenvalue weighted by Crippen LogP contribution is 2.43. The molecule has 0 saturated carbocycles. The predicted molar refractivity (Wildman–Crippen MR) is 57.2 cm³/mol. The molecule has 0 spiro atoms. The molecule has 0 aromatic rings. The zero-order valence-electron chi connectivity index (χ0n) is 8.45. The van der Waals surface area contributed by atoms with Gasteiger partial charge in [-0.15, -0.1) is 0 Å². The van der Waals surface area contributed by atoms with Crippen molar-refractivity contribution in [2.75, 3.05) is 0 Å². The van der Waals surface area contributed by atoms with Gasteiger partial charge in [0.25, 0.3) is 0 Å². The average molecular weight is 202 g/mol. The lowest BCUT2D eigenvalue weighted by molar-refractivity contribution is -0.113. The summed E-state index contributed by atoms with van der Waals surface area (Å²) in [6.45, 7) is 0. The molecule has 1 heterocycles. The molecule has 5 atom stereocenters. The van der Waals surface area contributed by atoms with E-state index in [4.69, 9.17) is 4.74 Å². The summed E-state index contributed by atoms with van der Waals surface area (Å²) in [6.07, 6.45) is 14.8. The van der Waals surface area contributed by atoms with Gasteiger partial charge in [-0.3, -0.25) is 0 Å². The van der Waals surface area contributed by atoms with Crippen molar-refractivity contribution in [2.45, 2.75) is 18.6 Å². The van der Waals surface area contributed by atoms with Crippen molar-refractivity contribution in [1.82, 2.24) is 0 Å². The zero-order valence-corrected chi connectivity index (χ0v) is 8.45. The Morgan fingerprint density at radius 2 is 2.00 bits per heavy atom. The smallest absolute Gasteiger partial charge is 0.123 e. The van der Waals surface area contributed by atoms with Crippen LogP contribution in [0, 0.1) is 17.8 Å². The third-order valence-electron chi connectivity index (χ3n) is 3.67. The van der Waals surface area contributed by atoms with E-state index in [1.165, 1.54) is 0 Å².